The van der Waals surface area contributed by atoms with Crippen molar-refractivity contribution in [2.24, 2.45) is 11.3 Å². The molecule has 0 bridgehead atoms. The summed E-state index contributed by atoms with van der Waals surface area (Å²) in [5, 5.41) is 7.80. The summed E-state index contributed by atoms with van der Waals surface area (Å²) >= 11 is 1.37. The summed E-state index contributed by atoms with van der Waals surface area (Å²) in [6.45, 7) is 6.91. The molecule has 1 aliphatic heterocycles. The molecule has 178 valence electrons. The number of benzene rings is 1. The van der Waals surface area contributed by atoms with E-state index >= 15 is 0 Å². The molecule has 0 saturated carbocycles. The number of anilines is 1. The molecule has 0 radical (unpaired) electrons. The standard InChI is InChI=1S/C25H34N4O3S/c1-25(2,17-28(3)4)16-26-22(30)18-10-12-29(13-11-18)24(32)19-7-5-8-20(15-19)27-23(31)21-9-6-14-33-21/h5-9,14-15,18H,10-13,16-17H2,1-4H3,(H,26,30)(H,27,31). The fraction of sp³-hybridized carbons (Fsp3) is 0.480. The zero-order chi connectivity index (χ0) is 24.0. The molecule has 8 heteroatoms. The average Bonchev–Trinajstić information content (AvgIpc) is 3.32. The molecule has 7 nitrogen and oxygen atoms in total. The maximum absolute atomic E-state index is 13.0. The highest BCUT2D eigenvalue weighted by Crippen LogP contribution is 2.22. The van der Waals surface area contributed by atoms with Gasteiger partial charge in [0.25, 0.3) is 11.8 Å². The molecule has 1 aromatic carbocycles. The zero-order valence-corrected chi connectivity index (χ0v) is 20.7. The smallest absolute Gasteiger partial charge is 0.265 e. The molecular weight excluding hydrogens is 436 g/mol. The molecular formula is C25H34N4O3S. The lowest BCUT2D eigenvalue weighted by atomic mass is 9.91. The molecule has 0 spiro atoms. The lowest BCUT2D eigenvalue weighted by Gasteiger charge is -2.33. The second-order valence-electron chi connectivity index (χ2n) is 9.70. The first-order valence-corrected chi connectivity index (χ1v) is 12.2. The van der Waals surface area contributed by atoms with Crippen LogP contribution >= 0.6 is 11.3 Å². The Labute approximate surface area is 200 Å². The van der Waals surface area contributed by atoms with Crippen LogP contribution in [0.3, 0.4) is 0 Å². The molecule has 33 heavy (non-hydrogen) atoms. The third kappa shape index (κ3) is 7.14. The van der Waals surface area contributed by atoms with Gasteiger partial charge >= 0.3 is 0 Å². The summed E-state index contributed by atoms with van der Waals surface area (Å²) in [5.74, 6) is -0.253. The molecule has 1 fully saturated rings. The van der Waals surface area contributed by atoms with Crippen molar-refractivity contribution in [1.82, 2.24) is 15.1 Å². The number of hydrogen-bond donors (Lipinski definition) is 2. The van der Waals surface area contributed by atoms with Crippen LogP contribution in [0.5, 0.6) is 0 Å². The molecule has 1 aromatic heterocycles. The van der Waals surface area contributed by atoms with Gasteiger partial charge in [-0.1, -0.05) is 26.0 Å². The van der Waals surface area contributed by atoms with E-state index in [2.05, 4.69) is 29.4 Å². The predicted octanol–water partition coefficient (Wildman–Crippen LogP) is 3.56. The van der Waals surface area contributed by atoms with E-state index in [1.165, 1.54) is 11.3 Å². The van der Waals surface area contributed by atoms with Gasteiger partial charge in [0.1, 0.15) is 0 Å². The fourth-order valence-corrected chi connectivity index (χ4v) is 4.86. The summed E-state index contributed by atoms with van der Waals surface area (Å²) < 4.78 is 0. The van der Waals surface area contributed by atoms with Gasteiger partial charge in [0.05, 0.1) is 4.88 Å². The Hall–Kier alpha value is -2.71. The number of rotatable bonds is 8. The van der Waals surface area contributed by atoms with Crippen LogP contribution in [-0.4, -0.2) is 67.8 Å². The first-order valence-electron chi connectivity index (χ1n) is 11.3. The van der Waals surface area contributed by atoms with Gasteiger partial charge in [0.15, 0.2) is 0 Å². The lowest BCUT2D eigenvalue weighted by Crippen LogP contribution is -2.46. The van der Waals surface area contributed by atoms with Crippen molar-refractivity contribution >= 4 is 34.7 Å². The highest BCUT2D eigenvalue weighted by atomic mass is 32.1. The predicted molar refractivity (Wildman–Crippen MR) is 133 cm³/mol. The van der Waals surface area contributed by atoms with Crippen LogP contribution in [0.25, 0.3) is 0 Å². The molecule has 0 atom stereocenters. The zero-order valence-electron chi connectivity index (χ0n) is 19.9. The minimum atomic E-state index is -0.185. The average molecular weight is 471 g/mol. The SMILES string of the molecule is CN(C)CC(C)(C)CNC(=O)C1CCN(C(=O)c2cccc(NC(=O)c3cccs3)c2)CC1. The Morgan fingerprint density at radius 2 is 1.85 bits per heavy atom. The van der Waals surface area contributed by atoms with Crippen LogP contribution in [0.15, 0.2) is 41.8 Å². The molecule has 2 heterocycles. The molecule has 2 N–H and O–H groups in total. The quantitative estimate of drug-likeness (QED) is 0.618. The van der Waals surface area contributed by atoms with Crippen LogP contribution in [0, 0.1) is 11.3 Å². The maximum atomic E-state index is 13.0. The van der Waals surface area contributed by atoms with Crippen LogP contribution in [0.2, 0.25) is 0 Å². The van der Waals surface area contributed by atoms with Crippen LogP contribution in [-0.2, 0) is 4.79 Å². The van der Waals surface area contributed by atoms with Crippen molar-refractivity contribution in [1.29, 1.82) is 0 Å². The molecule has 1 aliphatic rings. The van der Waals surface area contributed by atoms with Crippen LogP contribution < -0.4 is 10.6 Å². The second-order valence-corrected chi connectivity index (χ2v) is 10.6. The van der Waals surface area contributed by atoms with Crippen molar-refractivity contribution in [2.45, 2.75) is 26.7 Å². The number of hydrogen-bond acceptors (Lipinski definition) is 5. The summed E-state index contributed by atoms with van der Waals surface area (Å²) in [6.07, 6.45) is 1.31. The van der Waals surface area contributed by atoms with Gasteiger partial charge in [0, 0.05) is 43.3 Å². The van der Waals surface area contributed by atoms with E-state index in [0.29, 0.717) is 48.6 Å². The number of thiophene rings is 1. The van der Waals surface area contributed by atoms with Gasteiger partial charge in [0.2, 0.25) is 5.91 Å². The number of nitrogens with zero attached hydrogens (tertiary/aromatic N) is 2. The van der Waals surface area contributed by atoms with Gasteiger partial charge in [-0.2, -0.15) is 0 Å². The molecule has 3 amide bonds. The Bertz CT molecular complexity index is 964. The van der Waals surface area contributed by atoms with E-state index in [-0.39, 0.29) is 29.1 Å². The first-order chi connectivity index (χ1) is 15.6. The summed E-state index contributed by atoms with van der Waals surface area (Å²) in [6, 6.07) is 10.6. The van der Waals surface area contributed by atoms with Gasteiger partial charge in [-0.25, -0.2) is 0 Å². The van der Waals surface area contributed by atoms with Crippen molar-refractivity contribution in [3.8, 4) is 0 Å². The summed E-state index contributed by atoms with van der Waals surface area (Å²) in [4.78, 5) is 42.5. The Kier molecular flexibility index (Phi) is 8.26. The highest BCUT2D eigenvalue weighted by molar-refractivity contribution is 7.12. The first kappa shape index (κ1) is 24.9. The van der Waals surface area contributed by atoms with Crippen LogP contribution in [0.1, 0.15) is 46.7 Å². The van der Waals surface area contributed by atoms with Gasteiger partial charge in [-0.3, -0.25) is 14.4 Å². The van der Waals surface area contributed by atoms with E-state index in [0.717, 1.165) is 6.54 Å². The van der Waals surface area contributed by atoms with Gasteiger partial charge in [-0.05, 0) is 62.0 Å². The minimum absolute atomic E-state index is 0.000234. The van der Waals surface area contributed by atoms with E-state index < -0.39 is 0 Å². The molecule has 0 aliphatic carbocycles. The van der Waals surface area contributed by atoms with Crippen LogP contribution in [0.4, 0.5) is 5.69 Å². The third-order valence-electron chi connectivity index (χ3n) is 5.75. The Morgan fingerprint density at radius 1 is 1.12 bits per heavy atom. The second kappa shape index (κ2) is 10.9. The number of piperidine rings is 1. The fourth-order valence-electron chi connectivity index (χ4n) is 4.24. The summed E-state index contributed by atoms with van der Waals surface area (Å²) in [5.41, 5.74) is 1.13. The number of carbonyl (C=O) groups excluding carboxylic acids is 3. The van der Waals surface area contributed by atoms with E-state index in [9.17, 15) is 14.4 Å². The normalized spacial score (nSPS) is 14.9. The third-order valence-corrected chi connectivity index (χ3v) is 6.62. The van der Waals surface area contributed by atoms with Crippen molar-refractivity contribution in [3.63, 3.8) is 0 Å². The van der Waals surface area contributed by atoms with Crippen molar-refractivity contribution in [3.05, 3.63) is 52.2 Å². The molecule has 3 rings (SSSR count). The summed E-state index contributed by atoms with van der Waals surface area (Å²) in [7, 11) is 4.06. The topological polar surface area (TPSA) is 81.8 Å². The van der Waals surface area contributed by atoms with E-state index in [1.54, 1.807) is 35.2 Å². The molecule has 0 unspecified atom stereocenters. The number of likely N-dealkylation sites (tertiary alicyclic amines) is 1. The van der Waals surface area contributed by atoms with Gasteiger partial charge < -0.3 is 20.4 Å². The monoisotopic (exact) mass is 470 g/mol. The number of amides is 3. The Morgan fingerprint density at radius 3 is 2.48 bits per heavy atom. The number of carbonyl (C=O) groups is 3. The maximum Gasteiger partial charge on any atom is 0.265 e. The van der Waals surface area contributed by atoms with Crippen molar-refractivity contribution in [2.75, 3.05) is 45.6 Å². The minimum Gasteiger partial charge on any atom is -0.355 e. The lowest BCUT2D eigenvalue weighted by molar-refractivity contribution is -0.126. The van der Waals surface area contributed by atoms with Crippen molar-refractivity contribution < 1.29 is 14.4 Å². The molecule has 1 saturated heterocycles. The molecule has 2 aromatic rings. The van der Waals surface area contributed by atoms with Gasteiger partial charge in [-0.15, -0.1) is 11.3 Å². The number of nitrogens with one attached hydrogen (secondary N) is 2. The van der Waals surface area contributed by atoms with E-state index in [1.807, 2.05) is 25.5 Å². The van der Waals surface area contributed by atoms with E-state index in [4.69, 9.17) is 0 Å². The Balaban J connectivity index is 1.51. The highest BCUT2D eigenvalue weighted by Gasteiger charge is 2.29. The largest absolute Gasteiger partial charge is 0.355 e.